The van der Waals surface area contributed by atoms with Crippen molar-refractivity contribution in [3.05, 3.63) is 0 Å². The summed E-state index contributed by atoms with van der Waals surface area (Å²) in [4.78, 5) is 11.0. The third kappa shape index (κ3) is 7.94. The molecule has 0 bridgehead atoms. The van der Waals surface area contributed by atoms with Crippen LogP contribution in [0.25, 0.3) is 0 Å². The second-order valence-corrected chi connectivity index (χ2v) is 9.21. The summed E-state index contributed by atoms with van der Waals surface area (Å²) in [5.41, 5.74) is -0.172. The van der Waals surface area contributed by atoms with E-state index in [4.69, 9.17) is 13.3 Å². The third-order valence-electron chi connectivity index (χ3n) is 2.68. The highest BCUT2D eigenvalue weighted by Crippen LogP contribution is 2.19. The first-order chi connectivity index (χ1) is 8.81. The maximum Gasteiger partial charge on any atom is 0.500 e. The zero-order chi connectivity index (χ0) is 14.9. The molecule has 0 aliphatic carbocycles. The molecule has 0 aromatic heterocycles. The minimum atomic E-state index is -2.42. The van der Waals surface area contributed by atoms with Gasteiger partial charge in [0.1, 0.15) is 0 Å². The van der Waals surface area contributed by atoms with Gasteiger partial charge in [0, 0.05) is 45.6 Å². The van der Waals surface area contributed by atoms with E-state index in [2.05, 4.69) is 5.32 Å². The van der Waals surface area contributed by atoms with Crippen LogP contribution in [0.5, 0.6) is 0 Å². The normalized spacial score (nSPS) is 12.5. The molecule has 0 spiro atoms. The smallest absolute Gasteiger partial charge is 0.377 e. The molecular weight excluding hydrogens is 282 g/mol. The summed E-state index contributed by atoms with van der Waals surface area (Å²) >= 11 is 1.82. The lowest BCUT2D eigenvalue weighted by Crippen LogP contribution is -2.44. The van der Waals surface area contributed by atoms with Crippen molar-refractivity contribution in [2.24, 2.45) is 0 Å². The minimum Gasteiger partial charge on any atom is -0.377 e. The monoisotopic (exact) mass is 309 g/mol. The first-order valence-electron chi connectivity index (χ1n) is 6.33. The molecule has 19 heavy (non-hydrogen) atoms. The molecule has 0 unspecified atom stereocenters. The summed E-state index contributed by atoms with van der Waals surface area (Å²) in [5, 5.41) is 2.93. The number of carbonyl (C=O) groups is 1. The molecule has 1 amide bonds. The zero-order valence-corrected chi connectivity index (χ0v) is 14.7. The Morgan fingerprint density at radius 1 is 1.21 bits per heavy atom. The second-order valence-electron chi connectivity index (χ2n) is 5.02. The summed E-state index contributed by atoms with van der Waals surface area (Å²) in [5.74, 6) is 1.89. The largest absolute Gasteiger partial charge is 0.500 e. The molecule has 0 aliphatic heterocycles. The summed E-state index contributed by atoms with van der Waals surface area (Å²) in [6.07, 6.45) is 0.975. The Labute approximate surface area is 122 Å². The first-order valence-corrected chi connectivity index (χ1v) is 9.41. The van der Waals surface area contributed by atoms with Crippen molar-refractivity contribution in [3.63, 3.8) is 0 Å². The number of nitrogens with one attached hydrogen (secondary N) is 1. The molecule has 0 heterocycles. The number of hydrogen-bond acceptors (Lipinski definition) is 5. The Kier molecular flexibility index (Phi) is 8.92. The molecule has 1 N–H and O–H groups in total. The highest BCUT2D eigenvalue weighted by molar-refractivity contribution is 7.99. The lowest BCUT2D eigenvalue weighted by Gasteiger charge is -2.26. The van der Waals surface area contributed by atoms with Crippen molar-refractivity contribution in [1.82, 2.24) is 5.32 Å². The maximum atomic E-state index is 11.0. The fraction of sp³-hybridized carbons (Fsp3) is 0.917. The number of carbonyl (C=O) groups excluding carboxylic acids is 1. The van der Waals surface area contributed by atoms with Crippen LogP contribution < -0.4 is 5.32 Å². The van der Waals surface area contributed by atoms with Gasteiger partial charge in [0.15, 0.2) is 0 Å². The van der Waals surface area contributed by atoms with Gasteiger partial charge in [0.25, 0.3) is 0 Å². The van der Waals surface area contributed by atoms with Gasteiger partial charge in [0.2, 0.25) is 5.91 Å². The Morgan fingerprint density at radius 3 is 2.16 bits per heavy atom. The van der Waals surface area contributed by atoms with Gasteiger partial charge in [-0.25, -0.2) is 0 Å². The van der Waals surface area contributed by atoms with Crippen molar-refractivity contribution in [1.29, 1.82) is 0 Å². The summed E-state index contributed by atoms with van der Waals surface area (Å²) in [7, 11) is 2.47. The van der Waals surface area contributed by atoms with E-state index >= 15 is 0 Å². The van der Waals surface area contributed by atoms with Gasteiger partial charge in [-0.2, -0.15) is 11.8 Å². The van der Waals surface area contributed by atoms with Gasteiger partial charge in [-0.1, -0.05) is 0 Å². The number of amides is 1. The zero-order valence-electron chi connectivity index (χ0n) is 12.9. The molecule has 7 heteroatoms. The molecule has 0 aliphatic rings. The topological polar surface area (TPSA) is 56.8 Å². The predicted molar refractivity (Wildman–Crippen MR) is 81.4 cm³/mol. The fourth-order valence-electron chi connectivity index (χ4n) is 1.79. The Balaban J connectivity index is 3.89. The van der Waals surface area contributed by atoms with E-state index < -0.39 is 8.80 Å². The number of hydrogen-bond donors (Lipinski definition) is 1. The Hall–Kier alpha value is -0.0831. The quantitative estimate of drug-likeness (QED) is 0.493. The van der Waals surface area contributed by atoms with Crippen LogP contribution in [0.15, 0.2) is 0 Å². The lowest BCUT2D eigenvalue weighted by molar-refractivity contribution is -0.120. The number of thioether (sulfide) groups is 1. The average Bonchev–Trinajstić information content (AvgIpc) is 2.33. The van der Waals surface area contributed by atoms with Crippen molar-refractivity contribution >= 4 is 26.5 Å². The van der Waals surface area contributed by atoms with E-state index in [1.165, 1.54) is 0 Å². The lowest BCUT2D eigenvalue weighted by atomic mass is 10.1. The van der Waals surface area contributed by atoms with Crippen LogP contribution in [-0.2, 0) is 18.1 Å². The van der Waals surface area contributed by atoms with E-state index in [1.807, 2.05) is 25.6 Å². The Morgan fingerprint density at radius 2 is 1.74 bits per heavy atom. The van der Waals surface area contributed by atoms with Gasteiger partial charge in [-0.05, 0) is 26.0 Å². The molecule has 0 aromatic rings. The molecule has 0 atom stereocenters. The summed E-state index contributed by atoms with van der Waals surface area (Å²) in [6, 6.07) is 0.810. The highest BCUT2D eigenvalue weighted by atomic mass is 32.2. The van der Waals surface area contributed by atoms with Crippen LogP contribution in [0.1, 0.15) is 27.2 Å². The first kappa shape index (κ1) is 18.9. The molecule has 0 radical (unpaired) electrons. The van der Waals surface area contributed by atoms with Crippen molar-refractivity contribution in [2.75, 3.05) is 32.8 Å². The third-order valence-corrected chi connectivity index (χ3v) is 7.02. The second kappa shape index (κ2) is 8.96. The van der Waals surface area contributed by atoms with Crippen molar-refractivity contribution in [2.45, 2.75) is 38.8 Å². The summed E-state index contributed by atoms with van der Waals surface area (Å²) in [6.45, 7) is 5.60. The van der Waals surface area contributed by atoms with Crippen LogP contribution in [0, 0.1) is 0 Å². The number of rotatable bonds is 10. The molecule has 5 nitrogen and oxygen atoms in total. The highest BCUT2D eigenvalue weighted by Gasteiger charge is 2.36. The van der Waals surface area contributed by atoms with E-state index in [9.17, 15) is 4.79 Å². The van der Waals surface area contributed by atoms with Crippen LogP contribution in [0.2, 0.25) is 6.04 Å². The molecule has 0 rings (SSSR count). The minimum absolute atomic E-state index is 0.00942. The van der Waals surface area contributed by atoms with Gasteiger partial charge in [-0.3, -0.25) is 4.79 Å². The fourth-order valence-corrected chi connectivity index (χ4v) is 4.84. The van der Waals surface area contributed by atoms with E-state index in [0.717, 1.165) is 24.0 Å². The molecule has 114 valence electrons. The molecule has 0 aromatic carbocycles. The van der Waals surface area contributed by atoms with Crippen LogP contribution in [-0.4, -0.2) is 53.1 Å². The SMILES string of the molecule is CO[Si](CCCSCC(C)(C)NC(C)=O)(OC)OC. The van der Waals surface area contributed by atoms with Crippen LogP contribution in [0.3, 0.4) is 0 Å². The van der Waals surface area contributed by atoms with Crippen molar-refractivity contribution in [3.8, 4) is 0 Å². The van der Waals surface area contributed by atoms with E-state index in [-0.39, 0.29) is 11.4 Å². The van der Waals surface area contributed by atoms with Crippen molar-refractivity contribution < 1.29 is 18.1 Å². The van der Waals surface area contributed by atoms with Gasteiger partial charge < -0.3 is 18.6 Å². The van der Waals surface area contributed by atoms with E-state index in [0.29, 0.717) is 0 Å². The van der Waals surface area contributed by atoms with Gasteiger partial charge in [-0.15, -0.1) is 0 Å². The van der Waals surface area contributed by atoms with Crippen LogP contribution in [0.4, 0.5) is 0 Å². The van der Waals surface area contributed by atoms with Crippen LogP contribution >= 0.6 is 11.8 Å². The standard InChI is InChI=1S/C12H27NO4SSi/c1-11(14)13-12(2,3)10-18-8-7-9-19(15-4,16-5)17-6/h7-10H2,1-6H3,(H,13,14). The predicted octanol–water partition coefficient (Wildman–Crippen LogP) is 1.90. The van der Waals surface area contributed by atoms with Gasteiger partial charge in [0.05, 0.1) is 0 Å². The van der Waals surface area contributed by atoms with E-state index in [1.54, 1.807) is 28.3 Å². The maximum absolute atomic E-state index is 11.0. The molecular formula is C12H27NO4SSi. The van der Waals surface area contributed by atoms with Gasteiger partial charge >= 0.3 is 8.80 Å². The average molecular weight is 310 g/mol. The summed E-state index contributed by atoms with van der Waals surface area (Å²) < 4.78 is 16.1. The Bertz CT molecular complexity index is 264. The molecule has 0 fully saturated rings. The molecule has 0 saturated carbocycles. The molecule has 0 saturated heterocycles.